The molecule has 2 heterocycles. The normalized spacial score (nSPS) is 15.3. The first-order valence-corrected chi connectivity index (χ1v) is 11.5. The van der Waals surface area contributed by atoms with E-state index in [2.05, 4.69) is 0 Å². The van der Waals surface area contributed by atoms with Gasteiger partial charge in [0.15, 0.2) is 0 Å². The van der Waals surface area contributed by atoms with Gasteiger partial charge in [-0.25, -0.2) is 9.40 Å². The van der Waals surface area contributed by atoms with Gasteiger partial charge < -0.3 is 14.2 Å². The van der Waals surface area contributed by atoms with Gasteiger partial charge >= 0.3 is 0 Å². The average Bonchev–Trinajstić information content (AvgIpc) is 3.48. The molecule has 0 aliphatic carbocycles. The van der Waals surface area contributed by atoms with Crippen molar-refractivity contribution in [2.75, 3.05) is 26.8 Å². The molecule has 1 atom stereocenters. The van der Waals surface area contributed by atoms with Crippen LogP contribution < -0.4 is 0 Å². The van der Waals surface area contributed by atoms with E-state index in [9.17, 15) is 14.0 Å². The molecule has 0 radical (unpaired) electrons. The molecule has 0 spiro atoms. The lowest BCUT2D eigenvalue weighted by molar-refractivity contribution is -0.133. The number of ether oxygens (including phenoxy) is 1. The minimum Gasteiger partial charge on any atom is -0.383 e. The predicted octanol–water partition coefficient (Wildman–Crippen LogP) is 3.94. The highest BCUT2D eigenvalue weighted by molar-refractivity contribution is 6.02. The molecule has 0 fully saturated rings. The lowest BCUT2D eigenvalue weighted by Gasteiger charge is -2.27. The van der Waals surface area contributed by atoms with Gasteiger partial charge in [0.25, 0.3) is 11.8 Å². The monoisotopic (exact) mass is 476 g/mol. The van der Waals surface area contributed by atoms with Gasteiger partial charge in [-0.2, -0.15) is 5.10 Å². The topological polar surface area (TPSA) is 67.1 Å². The highest BCUT2D eigenvalue weighted by Crippen LogP contribution is 2.33. The lowest BCUT2D eigenvalue weighted by atomic mass is 9.99. The molecule has 0 saturated carbocycles. The Hall–Kier alpha value is -3.78. The standard InChI is InChI=1S/C27H29FN4O3/c1-19-9-11-20(12-10-19)25-17-23(24-8-5-13-30(24)2)29-32(25)26(33)18-31(14-15-35-3)27(34)21-6-4-7-22(28)16-21/h4-13,16,25H,14-15,17-18H2,1-3H3/t25-/m0/s1. The molecular formula is C27H29FN4O3. The third-order valence-corrected chi connectivity index (χ3v) is 6.12. The Balaban J connectivity index is 1.62. The second-order valence-corrected chi connectivity index (χ2v) is 8.65. The largest absolute Gasteiger partial charge is 0.383 e. The van der Waals surface area contributed by atoms with Crippen LogP contribution in [0.5, 0.6) is 0 Å². The van der Waals surface area contributed by atoms with E-state index in [0.29, 0.717) is 6.42 Å². The van der Waals surface area contributed by atoms with Crippen LogP contribution in [0.4, 0.5) is 4.39 Å². The number of benzene rings is 2. The number of carbonyl (C=O) groups is 2. The van der Waals surface area contributed by atoms with Crippen LogP contribution in [0.25, 0.3) is 0 Å². The number of hydrogen-bond acceptors (Lipinski definition) is 4. The zero-order chi connectivity index (χ0) is 24.9. The van der Waals surface area contributed by atoms with Crippen molar-refractivity contribution in [3.8, 4) is 0 Å². The van der Waals surface area contributed by atoms with Gasteiger partial charge in [-0.3, -0.25) is 9.59 Å². The maximum absolute atomic E-state index is 13.7. The van der Waals surface area contributed by atoms with E-state index in [0.717, 1.165) is 22.5 Å². The summed E-state index contributed by atoms with van der Waals surface area (Å²) in [6.45, 7) is 2.24. The fourth-order valence-electron chi connectivity index (χ4n) is 4.20. The van der Waals surface area contributed by atoms with Gasteiger partial charge in [0.1, 0.15) is 12.4 Å². The van der Waals surface area contributed by atoms with E-state index in [4.69, 9.17) is 9.84 Å². The van der Waals surface area contributed by atoms with Crippen LogP contribution >= 0.6 is 0 Å². The summed E-state index contributed by atoms with van der Waals surface area (Å²) in [7, 11) is 3.46. The number of halogens is 1. The van der Waals surface area contributed by atoms with Crippen molar-refractivity contribution in [1.82, 2.24) is 14.5 Å². The molecule has 35 heavy (non-hydrogen) atoms. The number of amides is 2. The van der Waals surface area contributed by atoms with Crippen molar-refractivity contribution in [2.45, 2.75) is 19.4 Å². The molecule has 7 nitrogen and oxygen atoms in total. The Morgan fingerprint density at radius 1 is 1.14 bits per heavy atom. The summed E-state index contributed by atoms with van der Waals surface area (Å²) in [5, 5.41) is 6.18. The fraction of sp³-hybridized carbons (Fsp3) is 0.296. The summed E-state index contributed by atoms with van der Waals surface area (Å²) in [6, 6.07) is 17.1. The molecule has 182 valence electrons. The van der Waals surface area contributed by atoms with Crippen LogP contribution in [-0.4, -0.2) is 58.8 Å². The highest BCUT2D eigenvalue weighted by Gasteiger charge is 2.35. The summed E-state index contributed by atoms with van der Waals surface area (Å²) in [5.41, 5.74) is 4.01. The second-order valence-electron chi connectivity index (χ2n) is 8.65. The number of hydrazone groups is 1. The summed E-state index contributed by atoms with van der Waals surface area (Å²) in [5.74, 6) is -1.27. The van der Waals surface area contributed by atoms with Crippen molar-refractivity contribution in [3.63, 3.8) is 0 Å². The predicted molar refractivity (Wildman–Crippen MR) is 132 cm³/mol. The number of hydrogen-bond donors (Lipinski definition) is 0. The van der Waals surface area contributed by atoms with E-state index in [-0.39, 0.29) is 37.2 Å². The number of rotatable bonds is 8. The average molecular weight is 477 g/mol. The zero-order valence-electron chi connectivity index (χ0n) is 20.1. The Labute approximate surface area is 204 Å². The molecule has 0 unspecified atom stereocenters. The molecule has 0 N–H and O–H groups in total. The molecule has 0 bridgehead atoms. The van der Waals surface area contributed by atoms with Crippen molar-refractivity contribution >= 4 is 17.5 Å². The Morgan fingerprint density at radius 3 is 2.57 bits per heavy atom. The molecule has 1 aliphatic heterocycles. The van der Waals surface area contributed by atoms with Crippen LogP contribution in [0.2, 0.25) is 0 Å². The van der Waals surface area contributed by atoms with Crippen LogP contribution in [-0.2, 0) is 16.6 Å². The van der Waals surface area contributed by atoms with Gasteiger partial charge in [-0.15, -0.1) is 0 Å². The zero-order valence-corrected chi connectivity index (χ0v) is 20.1. The molecule has 1 aliphatic rings. The van der Waals surface area contributed by atoms with E-state index in [1.165, 1.54) is 41.3 Å². The Kier molecular flexibility index (Phi) is 7.41. The van der Waals surface area contributed by atoms with Gasteiger partial charge in [0.2, 0.25) is 0 Å². The minimum absolute atomic E-state index is 0.179. The maximum Gasteiger partial charge on any atom is 0.262 e. The Morgan fingerprint density at radius 2 is 1.91 bits per heavy atom. The quantitative estimate of drug-likeness (QED) is 0.495. The van der Waals surface area contributed by atoms with Crippen LogP contribution in [0, 0.1) is 12.7 Å². The summed E-state index contributed by atoms with van der Waals surface area (Å²) >= 11 is 0. The number of carbonyl (C=O) groups excluding carboxylic acids is 2. The second kappa shape index (κ2) is 10.7. The van der Waals surface area contributed by atoms with Crippen molar-refractivity contribution < 1.29 is 18.7 Å². The first-order valence-electron chi connectivity index (χ1n) is 11.5. The molecule has 2 amide bonds. The SMILES string of the molecule is COCCN(CC(=O)N1N=C(c2cccn2C)C[C@H]1c1ccc(C)cc1)C(=O)c1cccc(F)c1. The Bertz CT molecular complexity index is 1240. The smallest absolute Gasteiger partial charge is 0.262 e. The van der Waals surface area contributed by atoms with Crippen LogP contribution in [0.15, 0.2) is 72.0 Å². The first kappa shape index (κ1) is 24.3. The van der Waals surface area contributed by atoms with E-state index in [1.807, 2.05) is 61.1 Å². The summed E-state index contributed by atoms with van der Waals surface area (Å²) < 4.78 is 20.9. The number of aryl methyl sites for hydroxylation is 2. The minimum atomic E-state index is -0.510. The van der Waals surface area contributed by atoms with Crippen molar-refractivity contribution in [3.05, 3.63) is 95.1 Å². The third-order valence-electron chi connectivity index (χ3n) is 6.12. The van der Waals surface area contributed by atoms with Crippen LogP contribution in [0.1, 0.15) is 39.6 Å². The molecule has 2 aromatic carbocycles. The van der Waals surface area contributed by atoms with Crippen LogP contribution in [0.3, 0.4) is 0 Å². The van der Waals surface area contributed by atoms with Gasteiger partial charge in [-0.05, 0) is 42.8 Å². The molecule has 8 heteroatoms. The molecular weight excluding hydrogens is 447 g/mol. The highest BCUT2D eigenvalue weighted by atomic mass is 19.1. The van der Waals surface area contributed by atoms with Gasteiger partial charge in [-0.1, -0.05) is 35.9 Å². The van der Waals surface area contributed by atoms with E-state index < -0.39 is 11.7 Å². The lowest BCUT2D eigenvalue weighted by Crippen LogP contribution is -2.42. The van der Waals surface area contributed by atoms with Gasteiger partial charge in [0, 0.05) is 38.9 Å². The summed E-state index contributed by atoms with van der Waals surface area (Å²) in [4.78, 5) is 28.1. The number of aromatic nitrogens is 1. The maximum atomic E-state index is 13.7. The molecule has 1 aromatic heterocycles. The van der Waals surface area contributed by atoms with Crippen molar-refractivity contribution in [2.24, 2.45) is 12.1 Å². The van der Waals surface area contributed by atoms with E-state index in [1.54, 1.807) is 0 Å². The van der Waals surface area contributed by atoms with Gasteiger partial charge in [0.05, 0.1) is 24.1 Å². The summed E-state index contributed by atoms with van der Waals surface area (Å²) in [6.07, 6.45) is 2.50. The molecule has 4 rings (SSSR count). The first-order chi connectivity index (χ1) is 16.9. The van der Waals surface area contributed by atoms with E-state index >= 15 is 0 Å². The molecule has 0 saturated heterocycles. The fourth-order valence-corrected chi connectivity index (χ4v) is 4.20. The van der Waals surface area contributed by atoms with Crippen molar-refractivity contribution in [1.29, 1.82) is 0 Å². The third kappa shape index (κ3) is 5.49. The molecule has 3 aromatic rings. The number of methoxy groups -OCH3 is 1. The number of nitrogens with zero attached hydrogens (tertiary/aromatic N) is 4.